The van der Waals surface area contributed by atoms with Crippen molar-refractivity contribution in [3.8, 4) is 11.5 Å². The second kappa shape index (κ2) is 9.25. The molecule has 2 rings (SSSR count). The van der Waals surface area contributed by atoms with Crippen molar-refractivity contribution in [3.05, 3.63) is 59.2 Å². The van der Waals surface area contributed by atoms with Crippen LogP contribution in [0.5, 0.6) is 11.5 Å². The molecule has 2 N–H and O–H groups in total. The van der Waals surface area contributed by atoms with Gasteiger partial charge in [0.05, 0.1) is 13.2 Å². The Bertz CT molecular complexity index is 725. The zero-order valence-electron chi connectivity index (χ0n) is 15.8. The highest BCUT2D eigenvalue weighted by atomic mass is 16.5. The van der Waals surface area contributed by atoms with E-state index in [1.165, 1.54) is 0 Å². The maximum absolute atomic E-state index is 12.1. The first-order valence-electron chi connectivity index (χ1n) is 8.72. The minimum atomic E-state index is -0.782. The zero-order valence-corrected chi connectivity index (χ0v) is 15.8. The molecule has 0 aliphatic carbocycles. The number of aryl methyl sites for hydroxylation is 1. The van der Waals surface area contributed by atoms with Crippen LogP contribution in [0.4, 0.5) is 0 Å². The Morgan fingerprint density at radius 3 is 2.46 bits per heavy atom. The maximum atomic E-state index is 12.1. The van der Waals surface area contributed by atoms with Crippen LogP contribution in [0.2, 0.25) is 0 Å². The average Bonchev–Trinajstić information content (AvgIpc) is 2.64. The summed E-state index contributed by atoms with van der Waals surface area (Å²) in [5, 5.41) is 12.9. The first kappa shape index (κ1) is 19.8. The molecule has 0 saturated carbocycles. The van der Waals surface area contributed by atoms with E-state index in [1.807, 2.05) is 25.1 Å². The topological polar surface area (TPSA) is 67.8 Å². The van der Waals surface area contributed by atoms with Crippen LogP contribution in [-0.4, -0.2) is 31.3 Å². The second-order valence-electron chi connectivity index (χ2n) is 6.58. The summed E-state index contributed by atoms with van der Waals surface area (Å²) in [6.07, 6.45) is -0.782. The van der Waals surface area contributed by atoms with E-state index in [1.54, 1.807) is 31.4 Å². The smallest absolute Gasteiger partial charge is 0.258 e. The molecule has 5 heteroatoms. The number of carbonyl (C=O) groups excluding carboxylic acids is 1. The summed E-state index contributed by atoms with van der Waals surface area (Å²) in [5.74, 6) is 1.49. The Balaban J connectivity index is 1.86. The van der Waals surface area contributed by atoms with Crippen LogP contribution in [0.25, 0.3) is 0 Å². The third-order valence-electron chi connectivity index (χ3n) is 4.14. The number of aliphatic hydroxyl groups is 1. The Morgan fingerprint density at radius 2 is 1.85 bits per heavy atom. The largest absolute Gasteiger partial charge is 0.497 e. The minimum Gasteiger partial charge on any atom is -0.497 e. The monoisotopic (exact) mass is 357 g/mol. The van der Waals surface area contributed by atoms with Gasteiger partial charge in [-0.25, -0.2) is 0 Å². The molecule has 5 nitrogen and oxygen atoms in total. The molecule has 26 heavy (non-hydrogen) atoms. The third-order valence-corrected chi connectivity index (χ3v) is 4.14. The number of rotatable bonds is 8. The van der Waals surface area contributed by atoms with Crippen molar-refractivity contribution in [1.82, 2.24) is 5.32 Å². The lowest BCUT2D eigenvalue weighted by Gasteiger charge is -2.16. The number of hydrogen-bond acceptors (Lipinski definition) is 4. The van der Waals surface area contributed by atoms with Gasteiger partial charge >= 0.3 is 0 Å². The molecule has 0 aromatic heterocycles. The van der Waals surface area contributed by atoms with Gasteiger partial charge in [-0.15, -0.1) is 0 Å². The molecule has 1 unspecified atom stereocenters. The lowest BCUT2D eigenvalue weighted by atomic mass is 10.0. The molecule has 0 aliphatic heterocycles. The Morgan fingerprint density at radius 1 is 1.15 bits per heavy atom. The van der Waals surface area contributed by atoms with Crippen LogP contribution in [-0.2, 0) is 4.79 Å². The van der Waals surface area contributed by atoms with Crippen LogP contribution in [0, 0.1) is 6.92 Å². The number of hydrogen-bond donors (Lipinski definition) is 2. The predicted molar refractivity (Wildman–Crippen MR) is 102 cm³/mol. The molecule has 0 fully saturated rings. The molecule has 1 atom stereocenters. The molecule has 0 aliphatic rings. The molecular weight excluding hydrogens is 330 g/mol. The molecule has 0 spiro atoms. The van der Waals surface area contributed by atoms with Gasteiger partial charge < -0.3 is 19.9 Å². The minimum absolute atomic E-state index is 0.0848. The fraction of sp³-hybridized carbons (Fsp3) is 0.381. The van der Waals surface area contributed by atoms with E-state index in [-0.39, 0.29) is 19.1 Å². The molecule has 2 aromatic carbocycles. The van der Waals surface area contributed by atoms with Gasteiger partial charge in [0, 0.05) is 6.54 Å². The quantitative estimate of drug-likeness (QED) is 0.760. The van der Waals surface area contributed by atoms with E-state index in [0.717, 1.165) is 22.6 Å². The van der Waals surface area contributed by atoms with Gasteiger partial charge in [-0.3, -0.25) is 4.79 Å². The molecule has 0 radical (unpaired) electrons. The van der Waals surface area contributed by atoms with E-state index >= 15 is 0 Å². The van der Waals surface area contributed by atoms with Crippen molar-refractivity contribution in [3.63, 3.8) is 0 Å². The normalized spacial score (nSPS) is 11.9. The molecule has 0 bridgehead atoms. The highest BCUT2D eigenvalue weighted by Gasteiger charge is 2.12. The first-order valence-corrected chi connectivity index (χ1v) is 8.72. The number of benzene rings is 2. The molecule has 140 valence electrons. The van der Waals surface area contributed by atoms with Crippen molar-refractivity contribution in [2.24, 2.45) is 0 Å². The lowest BCUT2D eigenvalue weighted by Crippen LogP contribution is -2.32. The summed E-state index contributed by atoms with van der Waals surface area (Å²) < 4.78 is 10.8. The fourth-order valence-electron chi connectivity index (χ4n) is 2.59. The maximum Gasteiger partial charge on any atom is 0.258 e. The second-order valence-corrected chi connectivity index (χ2v) is 6.58. The number of methoxy groups -OCH3 is 1. The third kappa shape index (κ3) is 5.49. The summed E-state index contributed by atoms with van der Waals surface area (Å²) in [5.41, 5.74) is 2.87. The zero-order chi connectivity index (χ0) is 19.1. The fourth-order valence-corrected chi connectivity index (χ4v) is 2.59. The highest BCUT2D eigenvalue weighted by molar-refractivity contribution is 5.77. The van der Waals surface area contributed by atoms with Crippen LogP contribution in [0.3, 0.4) is 0 Å². The Kier molecular flexibility index (Phi) is 7.04. The average molecular weight is 357 g/mol. The first-order chi connectivity index (χ1) is 12.4. The van der Waals surface area contributed by atoms with Crippen LogP contribution in [0.15, 0.2) is 42.5 Å². The highest BCUT2D eigenvalue weighted by Crippen LogP contribution is 2.27. The van der Waals surface area contributed by atoms with Crippen molar-refractivity contribution < 1.29 is 19.4 Å². The van der Waals surface area contributed by atoms with Crippen LogP contribution in [0.1, 0.15) is 42.6 Å². The summed E-state index contributed by atoms with van der Waals surface area (Å²) in [6, 6.07) is 13.1. The van der Waals surface area contributed by atoms with Gasteiger partial charge in [-0.1, -0.05) is 38.1 Å². The van der Waals surface area contributed by atoms with Crippen molar-refractivity contribution >= 4 is 5.91 Å². The number of nitrogens with one attached hydrogen (secondary N) is 1. The lowest BCUT2D eigenvalue weighted by molar-refractivity contribution is -0.123. The number of aliphatic hydroxyl groups excluding tert-OH is 1. The van der Waals surface area contributed by atoms with Gasteiger partial charge in [-0.2, -0.15) is 0 Å². The molecule has 2 aromatic rings. The Labute approximate surface area is 155 Å². The summed E-state index contributed by atoms with van der Waals surface area (Å²) in [4.78, 5) is 12.1. The van der Waals surface area contributed by atoms with Crippen molar-refractivity contribution in [2.45, 2.75) is 32.8 Å². The number of ether oxygens (including phenoxy) is 2. The van der Waals surface area contributed by atoms with Gasteiger partial charge in [-0.05, 0) is 47.7 Å². The van der Waals surface area contributed by atoms with Gasteiger partial charge in [0.15, 0.2) is 6.61 Å². The van der Waals surface area contributed by atoms with E-state index in [9.17, 15) is 9.90 Å². The van der Waals surface area contributed by atoms with Crippen molar-refractivity contribution in [1.29, 1.82) is 0 Å². The standard InChI is InChI=1S/C21H27NO4/c1-14(2)18-10-5-15(3)11-20(18)26-13-21(24)22-12-19(23)16-6-8-17(25-4)9-7-16/h5-11,14,19,23H,12-13H2,1-4H3,(H,22,24). The molecular formula is C21H27NO4. The summed E-state index contributed by atoms with van der Waals surface area (Å²) >= 11 is 0. The number of amides is 1. The van der Waals surface area contributed by atoms with Crippen LogP contribution >= 0.6 is 0 Å². The summed E-state index contributed by atoms with van der Waals surface area (Å²) in [6.45, 7) is 6.20. The van der Waals surface area contributed by atoms with Gasteiger partial charge in [0.25, 0.3) is 5.91 Å². The van der Waals surface area contributed by atoms with E-state index in [2.05, 4.69) is 19.2 Å². The number of carbonyl (C=O) groups is 1. The van der Waals surface area contributed by atoms with Gasteiger partial charge in [0.1, 0.15) is 11.5 Å². The van der Waals surface area contributed by atoms with E-state index in [4.69, 9.17) is 9.47 Å². The molecule has 1 amide bonds. The predicted octanol–water partition coefficient (Wildman–Crippen LogP) is 3.36. The van der Waals surface area contributed by atoms with Gasteiger partial charge in [0.2, 0.25) is 0 Å². The molecule has 0 saturated heterocycles. The SMILES string of the molecule is COc1ccc(C(O)CNC(=O)COc2cc(C)ccc2C(C)C)cc1. The van der Waals surface area contributed by atoms with Crippen molar-refractivity contribution in [2.75, 3.05) is 20.3 Å². The van der Waals surface area contributed by atoms with E-state index < -0.39 is 6.10 Å². The van der Waals surface area contributed by atoms with E-state index in [0.29, 0.717) is 11.5 Å². The van der Waals surface area contributed by atoms with Crippen LogP contribution < -0.4 is 14.8 Å². The Hall–Kier alpha value is -2.53. The molecule has 0 heterocycles. The summed E-state index contributed by atoms with van der Waals surface area (Å²) in [7, 11) is 1.59.